The van der Waals surface area contributed by atoms with E-state index in [0.29, 0.717) is 23.1 Å². The number of aromatic nitrogens is 2. The van der Waals surface area contributed by atoms with Crippen molar-refractivity contribution in [2.45, 2.75) is 31.1 Å². The van der Waals surface area contributed by atoms with E-state index < -0.39 is 0 Å². The first-order chi connectivity index (χ1) is 11.6. The number of methoxy groups -OCH3 is 1. The molecule has 1 amide bonds. The summed E-state index contributed by atoms with van der Waals surface area (Å²) < 4.78 is 6.74. The molecule has 0 aliphatic carbocycles. The van der Waals surface area contributed by atoms with Gasteiger partial charge in [0.05, 0.1) is 13.2 Å². The molecule has 0 bridgehead atoms. The highest BCUT2D eigenvalue weighted by Gasteiger charge is 2.27. The van der Waals surface area contributed by atoms with Crippen LogP contribution in [0.25, 0.3) is 0 Å². The molecule has 3 rings (SSSR count). The van der Waals surface area contributed by atoms with Gasteiger partial charge < -0.3 is 10.1 Å². The number of carbonyl (C=O) groups excluding carboxylic acids is 1. The van der Waals surface area contributed by atoms with Gasteiger partial charge in [-0.3, -0.25) is 14.2 Å². The van der Waals surface area contributed by atoms with Crippen molar-refractivity contribution in [1.82, 2.24) is 14.9 Å². The van der Waals surface area contributed by atoms with Gasteiger partial charge in [0.15, 0.2) is 5.16 Å². The second-order valence-corrected chi connectivity index (χ2v) is 6.67. The molecule has 2 aromatic rings. The van der Waals surface area contributed by atoms with Crippen LogP contribution in [-0.2, 0) is 11.3 Å². The van der Waals surface area contributed by atoms with Crippen molar-refractivity contribution >= 4 is 17.7 Å². The van der Waals surface area contributed by atoms with Crippen molar-refractivity contribution in [1.29, 1.82) is 0 Å². The molecule has 7 heteroatoms. The highest BCUT2D eigenvalue weighted by molar-refractivity contribution is 7.99. The minimum Gasteiger partial charge on any atom is -0.497 e. The van der Waals surface area contributed by atoms with E-state index in [0.717, 1.165) is 11.3 Å². The molecule has 126 valence electrons. The first-order valence-electron chi connectivity index (χ1n) is 7.69. The van der Waals surface area contributed by atoms with Gasteiger partial charge in [0, 0.05) is 30.5 Å². The summed E-state index contributed by atoms with van der Waals surface area (Å²) in [5, 5.41) is 3.60. The Balaban J connectivity index is 1.59. The number of amides is 1. The van der Waals surface area contributed by atoms with Crippen LogP contribution in [0, 0.1) is 6.92 Å². The molecule has 24 heavy (non-hydrogen) atoms. The molecule has 0 fully saturated rings. The zero-order chi connectivity index (χ0) is 17.1. The van der Waals surface area contributed by atoms with Crippen LogP contribution in [0.1, 0.15) is 23.7 Å². The van der Waals surface area contributed by atoms with Crippen LogP contribution in [0.4, 0.5) is 0 Å². The van der Waals surface area contributed by atoms with Gasteiger partial charge >= 0.3 is 0 Å². The topological polar surface area (TPSA) is 73.2 Å². The van der Waals surface area contributed by atoms with Crippen LogP contribution in [0.15, 0.2) is 40.3 Å². The second kappa shape index (κ2) is 7.09. The van der Waals surface area contributed by atoms with Crippen LogP contribution in [0.5, 0.6) is 5.75 Å². The number of aryl methyl sites for hydroxylation is 1. The Kier molecular flexibility index (Phi) is 4.89. The number of rotatable bonds is 5. The van der Waals surface area contributed by atoms with Crippen LogP contribution >= 0.6 is 11.8 Å². The van der Waals surface area contributed by atoms with E-state index in [9.17, 15) is 9.59 Å². The SMILES string of the molecule is COc1ccc(CNC(=O)C[C@H]2CSc3nc(C)cc(=O)n32)cc1. The van der Waals surface area contributed by atoms with Gasteiger partial charge in [-0.2, -0.15) is 0 Å². The summed E-state index contributed by atoms with van der Waals surface area (Å²) in [6.45, 7) is 2.26. The summed E-state index contributed by atoms with van der Waals surface area (Å²) in [7, 11) is 1.62. The van der Waals surface area contributed by atoms with Crippen molar-refractivity contribution in [3.05, 3.63) is 51.9 Å². The Morgan fingerprint density at radius 3 is 2.88 bits per heavy atom. The van der Waals surface area contributed by atoms with E-state index >= 15 is 0 Å². The molecule has 0 saturated heterocycles. The van der Waals surface area contributed by atoms with E-state index in [1.54, 1.807) is 18.6 Å². The minimum absolute atomic E-state index is 0.0725. The smallest absolute Gasteiger partial charge is 0.254 e. The number of hydrogen-bond donors (Lipinski definition) is 1. The lowest BCUT2D eigenvalue weighted by atomic mass is 10.2. The molecule has 1 atom stereocenters. The standard InChI is InChI=1S/C17H19N3O3S/c1-11-7-16(22)20-13(10-24-17(20)19-11)8-15(21)18-9-12-3-5-14(23-2)6-4-12/h3-7,13H,8-10H2,1-2H3,(H,18,21)/t13-/m0/s1. The molecule has 0 saturated carbocycles. The fourth-order valence-electron chi connectivity index (χ4n) is 2.64. The average Bonchev–Trinajstić information content (AvgIpc) is 2.96. The third-order valence-electron chi connectivity index (χ3n) is 3.89. The van der Waals surface area contributed by atoms with Crippen LogP contribution < -0.4 is 15.6 Å². The van der Waals surface area contributed by atoms with Gasteiger partial charge in [-0.25, -0.2) is 4.98 Å². The monoisotopic (exact) mass is 345 g/mol. The zero-order valence-corrected chi connectivity index (χ0v) is 14.4. The van der Waals surface area contributed by atoms with Gasteiger partial charge in [-0.15, -0.1) is 0 Å². The summed E-state index contributed by atoms with van der Waals surface area (Å²) in [5.41, 5.74) is 1.62. The van der Waals surface area contributed by atoms with Crippen LogP contribution in [0.2, 0.25) is 0 Å². The molecule has 1 N–H and O–H groups in total. The Labute approximate surface area is 144 Å². The Hall–Kier alpha value is -2.28. The van der Waals surface area contributed by atoms with Crippen molar-refractivity contribution in [3.8, 4) is 5.75 Å². The number of ether oxygens (including phenoxy) is 1. The lowest BCUT2D eigenvalue weighted by molar-refractivity contribution is -0.121. The number of nitrogens with one attached hydrogen (secondary N) is 1. The quantitative estimate of drug-likeness (QED) is 0.838. The lowest BCUT2D eigenvalue weighted by Gasteiger charge is -2.13. The third-order valence-corrected chi connectivity index (χ3v) is 4.99. The van der Waals surface area contributed by atoms with Gasteiger partial charge in [0.1, 0.15) is 5.75 Å². The zero-order valence-electron chi connectivity index (χ0n) is 13.6. The normalized spacial score (nSPS) is 15.8. The van der Waals surface area contributed by atoms with Crippen LogP contribution in [0.3, 0.4) is 0 Å². The number of fused-ring (bicyclic) bond motifs is 1. The molecule has 1 aromatic carbocycles. The summed E-state index contributed by atoms with van der Waals surface area (Å²) >= 11 is 1.52. The fraction of sp³-hybridized carbons (Fsp3) is 0.353. The molecule has 1 aromatic heterocycles. The van der Waals surface area contributed by atoms with E-state index in [4.69, 9.17) is 4.74 Å². The molecule has 0 unspecified atom stereocenters. The maximum absolute atomic E-state index is 12.2. The fourth-order valence-corrected chi connectivity index (χ4v) is 3.84. The van der Waals surface area contributed by atoms with E-state index in [2.05, 4.69) is 10.3 Å². The highest BCUT2D eigenvalue weighted by Crippen LogP contribution is 2.31. The van der Waals surface area contributed by atoms with Crippen molar-refractivity contribution in [3.63, 3.8) is 0 Å². The number of carbonyl (C=O) groups is 1. The number of hydrogen-bond acceptors (Lipinski definition) is 5. The Morgan fingerprint density at radius 2 is 2.17 bits per heavy atom. The average molecular weight is 345 g/mol. The lowest BCUT2D eigenvalue weighted by Crippen LogP contribution is -2.30. The van der Waals surface area contributed by atoms with Gasteiger partial charge in [0.2, 0.25) is 5.91 Å². The molecule has 1 aliphatic heterocycles. The molecular weight excluding hydrogens is 326 g/mol. The molecule has 0 spiro atoms. The molecule has 6 nitrogen and oxygen atoms in total. The first kappa shape index (κ1) is 16.6. The molecule has 1 aliphatic rings. The van der Waals surface area contributed by atoms with Crippen LogP contribution in [-0.4, -0.2) is 28.3 Å². The van der Waals surface area contributed by atoms with E-state index in [1.807, 2.05) is 24.3 Å². The van der Waals surface area contributed by atoms with E-state index in [1.165, 1.54) is 17.8 Å². The highest BCUT2D eigenvalue weighted by atomic mass is 32.2. The third kappa shape index (κ3) is 3.62. The molecule has 0 radical (unpaired) electrons. The number of nitrogens with zero attached hydrogens (tertiary/aromatic N) is 2. The summed E-state index contributed by atoms with van der Waals surface area (Å²) in [6.07, 6.45) is 0.279. The van der Waals surface area contributed by atoms with Gasteiger partial charge in [0.25, 0.3) is 5.56 Å². The minimum atomic E-state index is -0.138. The summed E-state index contributed by atoms with van der Waals surface area (Å²) in [5.74, 6) is 1.41. The predicted octanol–water partition coefficient (Wildman–Crippen LogP) is 1.91. The van der Waals surface area contributed by atoms with E-state index in [-0.39, 0.29) is 23.9 Å². The Morgan fingerprint density at radius 1 is 1.42 bits per heavy atom. The molecule has 2 heterocycles. The van der Waals surface area contributed by atoms with Gasteiger partial charge in [-0.1, -0.05) is 23.9 Å². The van der Waals surface area contributed by atoms with Crippen molar-refractivity contribution in [2.75, 3.05) is 12.9 Å². The number of benzene rings is 1. The van der Waals surface area contributed by atoms with Gasteiger partial charge in [-0.05, 0) is 24.6 Å². The predicted molar refractivity (Wildman–Crippen MR) is 92.5 cm³/mol. The largest absolute Gasteiger partial charge is 0.497 e. The maximum Gasteiger partial charge on any atom is 0.254 e. The summed E-state index contributed by atoms with van der Waals surface area (Å²) in [4.78, 5) is 28.7. The molecular formula is C17H19N3O3S. The van der Waals surface area contributed by atoms with Crippen molar-refractivity contribution in [2.24, 2.45) is 0 Å². The second-order valence-electron chi connectivity index (χ2n) is 5.68. The van der Waals surface area contributed by atoms with Crippen molar-refractivity contribution < 1.29 is 9.53 Å². The summed E-state index contributed by atoms with van der Waals surface area (Å²) in [6, 6.07) is 8.92. The number of thioether (sulfide) groups is 1. The maximum atomic E-state index is 12.2. The Bertz CT molecular complexity index is 802. The first-order valence-corrected chi connectivity index (χ1v) is 8.68.